The van der Waals surface area contributed by atoms with E-state index in [0.29, 0.717) is 6.54 Å². The van der Waals surface area contributed by atoms with Gasteiger partial charge in [-0.3, -0.25) is 4.98 Å². The second-order valence-corrected chi connectivity index (χ2v) is 4.61. The summed E-state index contributed by atoms with van der Waals surface area (Å²) >= 11 is 0. The number of aryl methyl sites for hydroxylation is 1. The predicted octanol–water partition coefficient (Wildman–Crippen LogP) is 3.03. The molecule has 0 saturated heterocycles. The fourth-order valence-electron chi connectivity index (χ4n) is 2.00. The first-order valence-corrected chi connectivity index (χ1v) is 6.59. The van der Waals surface area contributed by atoms with Crippen LogP contribution in [0.4, 0.5) is 0 Å². The molecule has 0 fully saturated rings. The van der Waals surface area contributed by atoms with E-state index < -0.39 is 0 Å². The van der Waals surface area contributed by atoms with Crippen molar-refractivity contribution in [3.63, 3.8) is 0 Å². The number of aromatic nitrogens is 1. The highest BCUT2D eigenvalue weighted by Crippen LogP contribution is 2.24. The first-order valence-electron chi connectivity index (χ1n) is 6.59. The third-order valence-electron chi connectivity index (χ3n) is 3.03. The van der Waals surface area contributed by atoms with E-state index in [0.717, 1.165) is 29.1 Å². The van der Waals surface area contributed by atoms with Crippen molar-refractivity contribution in [3.05, 3.63) is 59.4 Å². The molecule has 1 aromatic carbocycles. The average molecular weight is 256 g/mol. The van der Waals surface area contributed by atoms with Crippen LogP contribution in [0.1, 0.15) is 30.0 Å². The summed E-state index contributed by atoms with van der Waals surface area (Å²) in [7, 11) is 0. The topological polar surface area (TPSA) is 48.1 Å². The Hall–Kier alpha value is -1.87. The van der Waals surface area contributed by atoms with Crippen molar-refractivity contribution >= 4 is 0 Å². The van der Waals surface area contributed by atoms with Gasteiger partial charge in [-0.1, -0.05) is 30.3 Å². The maximum absolute atomic E-state index is 6.02. The number of ether oxygens (including phenoxy) is 1. The Morgan fingerprint density at radius 1 is 1.16 bits per heavy atom. The van der Waals surface area contributed by atoms with Crippen molar-refractivity contribution in [3.8, 4) is 5.75 Å². The summed E-state index contributed by atoms with van der Waals surface area (Å²) in [5, 5.41) is 0. The molecule has 0 saturated carbocycles. The molecule has 1 unspecified atom stereocenters. The van der Waals surface area contributed by atoms with Gasteiger partial charge in [0.1, 0.15) is 11.9 Å². The van der Waals surface area contributed by atoms with Crippen LogP contribution in [0.15, 0.2) is 42.5 Å². The summed E-state index contributed by atoms with van der Waals surface area (Å²) in [6.07, 6.45) is 0.737. The molecule has 100 valence electrons. The van der Waals surface area contributed by atoms with Gasteiger partial charge in [0.2, 0.25) is 0 Å². The molecule has 0 bridgehead atoms. The Balaban J connectivity index is 2.18. The van der Waals surface area contributed by atoms with E-state index in [-0.39, 0.29) is 6.10 Å². The zero-order valence-electron chi connectivity index (χ0n) is 11.5. The molecule has 2 rings (SSSR count). The summed E-state index contributed by atoms with van der Waals surface area (Å²) in [6, 6.07) is 14.1. The van der Waals surface area contributed by atoms with E-state index in [9.17, 15) is 0 Å². The average Bonchev–Trinajstić information content (AvgIpc) is 2.43. The Morgan fingerprint density at radius 2 is 1.89 bits per heavy atom. The van der Waals surface area contributed by atoms with Crippen LogP contribution in [0, 0.1) is 6.92 Å². The quantitative estimate of drug-likeness (QED) is 0.894. The SMILES string of the molecule is Cc1ccc(OC(C)c2ccccc2)c(CCN)n1. The predicted molar refractivity (Wildman–Crippen MR) is 77.2 cm³/mol. The standard InChI is InChI=1S/C16H20N2O/c1-12-8-9-16(15(18-12)10-11-17)19-13(2)14-6-4-3-5-7-14/h3-9,13H,10-11,17H2,1-2H3. The van der Waals surface area contributed by atoms with Crippen LogP contribution < -0.4 is 10.5 Å². The fraction of sp³-hybridized carbons (Fsp3) is 0.312. The van der Waals surface area contributed by atoms with Crippen LogP contribution in [0.25, 0.3) is 0 Å². The van der Waals surface area contributed by atoms with Crippen molar-refractivity contribution in [1.29, 1.82) is 0 Å². The molecule has 0 radical (unpaired) electrons. The number of rotatable bonds is 5. The van der Waals surface area contributed by atoms with Crippen LogP contribution in [-0.4, -0.2) is 11.5 Å². The van der Waals surface area contributed by atoms with Gasteiger partial charge >= 0.3 is 0 Å². The van der Waals surface area contributed by atoms with E-state index in [2.05, 4.69) is 17.1 Å². The highest BCUT2D eigenvalue weighted by molar-refractivity contribution is 5.31. The third kappa shape index (κ3) is 3.55. The molecule has 0 spiro atoms. The smallest absolute Gasteiger partial charge is 0.141 e. The zero-order chi connectivity index (χ0) is 13.7. The molecule has 2 aromatic rings. The Kier molecular flexibility index (Phi) is 4.53. The van der Waals surface area contributed by atoms with E-state index in [1.165, 1.54) is 0 Å². The molecular formula is C16H20N2O. The number of pyridine rings is 1. The number of benzene rings is 1. The summed E-state index contributed by atoms with van der Waals surface area (Å²) in [6.45, 7) is 4.60. The molecule has 3 nitrogen and oxygen atoms in total. The lowest BCUT2D eigenvalue weighted by Crippen LogP contribution is -2.10. The van der Waals surface area contributed by atoms with E-state index >= 15 is 0 Å². The molecule has 0 amide bonds. The lowest BCUT2D eigenvalue weighted by atomic mass is 10.1. The van der Waals surface area contributed by atoms with Gasteiger partial charge < -0.3 is 10.5 Å². The van der Waals surface area contributed by atoms with Gasteiger partial charge in [0.25, 0.3) is 0 Å². The molecule has 1 atom stereocenters. The molecule has 2 N–H and O–H groups in total. The van der Waals surface area contributed by atoms with E-state index in [1.807, 2.05) is 44.2 Å². The maximum Gasteiger partial charge on any atom is 0.141 e. The van der Waals surface area contributed by atoms with Gasteiger partial charge in [-0.05, 0) is 38.1 Å². The monoisotopic (exact) mass is 256 g/mol. The largest absolute Gasteiger partial charge is 0.484 e. The summed E-state index contributed by atoms with van der Waals surface area (Å²) < 4.78 is 6.02. The highest BCUT2D eigenvalue weighted by Gasteiger charge is 2.11. The molecule has 0 aliphatic carbocycles. The summed E-state index contributed by atoms with van der Waals surface area (Å²) in [5.41, 5.74) is 8.70. The van der Waals surface area contributed by atoms with Crippen LogP contribution in [0.2, 0.25) is 0 Å². The maximum atomic E-state index is 6.02. The van der Waals surface area contributed by atoms with Crippen molar-refractivity contribution < 1.29 is 4.74 Å². The molecule has 0 aliphatic rings. The van der Waals surface area contributed by atoms with E-state index in [4.69, 9.17) is 10.5 Å². The van der Waals surface area contributed by atoms with Crippen LogP contribution in [0.5, 0.6) is 5.75 Å². The zero-order valence-corrected chi connectivity index (χ0v) is 11.5. The van der Waals surface area contributed by atoms with E-state index in [1.54, 1.807) is 0 Å². The minimum absolute atomic E-state index is 0.00207. The summed E-state index contributed by atoms with van der Waals surface area (Å²) in [5.74, 6) is 0.826. The van der Waals surface area contributed by atoms with Gasteiger partial charge in [-0.2, -0.15) is 0 Å². The number of hydrogen-bond acceptors (Lipinski definition) is 3. The number of nitrogens with zero attached hydrogens (tertiary/aromatic N) is 1. The van der Waals surface area contributed by atoms with Gasteiger partial charge in [-0.25, -0.2) is 0 Å². The van der Waals surface area contributed by atoms with Crippen molar-refractivity contribution in [2.45, 2.75) is 26.4 Å². The molecule has 1 aromatic heterocycles. The Morgan fingerprint density at radius 3 is 2.58 bits per heavy atom. The van der Waals surface area contributed by atoms with Crippen LogP contribution in [-0.2, 0) is 6.42 Å². The fourth-order valence-corrected chi connectivity index (χ4v) is 2.00. The normalized spacial score (nSPS) is 12.2. The first kappa shape index (κ1) is 13.6. The van der Waals surface area contributed by atoms with Crippen molar-refractivity contribution in [2.24, 2.45) is 5.73 Å². The second kappa shape index (κ2) is 6.34. The molecule has 3 heteroatoms. The number of hydrogen-bond donors (Lipinski definition) is 1. The van der Waals surface area contributed by atoms with Gasteiger partial charge in [0.15, 0.2) is 0 Å². The third-order valence-corrected chi connectivity index (χ3v) is 3.03. The molecular weight excluding hydrogens is 236 g/mol. The summed E-state index contributed by atoms with van der Waals surface area (Å²) in [4.78, 5) is 4.50. The van der Waals surface area contributed by atoms with Gasteiger partial charge in [-0.15, -0.1) is 0 Å². The molecule has 1 heterocycles. The molecule has 19 heavy (non-hydrogen) atoms. The first-order chi connectivity index (χ1) is 9.20. The second-order valence-electron chi connectivity index (χ2n) is 4.61. The number of nitrogens with two attached hydrogens (primary N) is 1. The van der Waals surface area contributed by atoms with Gasteiger partial charge in [0, 0.05) is 12.1 Å². The van der Waals surface area contributed by atoms with Crippen molar-refractivity contribution in [1.82, 2.24) is 4.98 Å². The van der Waals surface area contributed by atoms with Crippen LogP contribution >= 0.6 is 0 Å². The Bertz CT molecular complexity index is 526. The molecule has 0 aliphatic heterocycles. The Labute approximate surface area is 114 Å². The van der Waals surface area contributed by atoms with Gasteiger partial charge in [0.05, 0.1) is 5.69 Å². The lowest BCUT2D eigenvalue weighted by Gasteiger charge is -2.17. The van der Waals surface area contributed by atoms with Crippen molar-refractivity contribution in [2.75, 3.05) is 6.54 Å². The minimum Gasteiger partial charge on any atom is -0.484 e. The highest BCUT2D eigenvalue weighted by atomic mass is 16.5. The van der Waals surface area contributed by atoms with Crippen LogP contribution in [0.3, 0.4) is 0 Å². The lowest BCUT2D eigenvalue weighted by molar-refractivity contribution is 0.223. The minimum atomic E-state index is 0.00207.